The standard InChI is InChI=1S/C18H20BrClO/c1-18(2,3)15-8-6-5-7-13(15)17(20)14-10-9-12(21-4)11-16(14)19/h5-11,17H,1-4H3. The fourth-order valence-electron chi connectivity index (χ4n) is 2.41. The van der Waals surface area contributed by atoms with Crippen LogP contribution in [0, 0.1) is 0 Å². The second kappa shape index (κ2) is 6.41. The van der Waals surface area contributed by atoms with Gasteiger partial charge in [-0.1, -0.05) is 67.0 Å². The molecule has 1 unspecified atom stereocenters. The number of halogens is 2. The molecule has 112 valence electrons. The van der Waals surface area contributed by atoms with Gasteiger partial charge in [0.15, 0.2) is 0 Å². The molecule has 0 saturated carbocycles. The van der Waals surface area contributed by atoms with E-state index in [9.17, 15) is 0 Å². The monoisotopic (exact) mass is 366 g/mol. The zero-order chi connectivity index (χ0) is 15.6. The van der Waals surface area contributed by atoms with Gasteiger partial charge in [-0.2, -0.15) is 0 Å². The molecule has 0 spiro atoms. The van der Waals surface area contributed by atoms with Crippen molar-refractivity contribution in [3.8, 4) is 5.75 Å². The minimum absolute atomic E-state index is 0.0582. The number of rotatable bonds is 3. The largest absolute Gasteiger partial charge is 0.497 e. The Hall–Kier alpha value is -0.990. The van der Waals surface area contributed by atoms with E-state index in [2.05, 4.69) is 54.9 Å². The Labute approximate surface area is 140 Å². The molecule has 0 aliphatic rings. The van der Waals surface area contributed by atoms with Crippen molar-refractivity contribution < 1.29 is 4.74 Å². The van der Waals surface area contributed by atoms with Gasteiger partial charge >= 0.3 is 0 Å². The van der Waals surface area contributed by atoms with E-state index in [1.54, 1.807) is 7.11 Å². The molecule has 0 heterocycles. The molecule has 0 saturated heterocycles. The van der Waals surface area contributed by atoms with Crippen LogP contribution in [0.3, 0.4) is 0 Å². The summed E-state index contributed by atoms with van der Waals surface area (Å²) in [5, 5.41) is -0.194. The van der Waals surface area contributed by atoms with Gasteiger partial charge in [0.05, 0.1) is 12.5 Å². The van der Waals surface area contributed by atoms with Gasteiger partial charge in [-0.15, -0.1) is 11.6 Å². The van der Waals surface area contributed by atoms with Crippen LogP contribution in [0.15, 0.2) is 46.9 Å². The van der Waals surface area contributed by atoms with Crippen LogP contribution in [0.1, 0.15) is 42.8 Å². The third-order valence-electron chi connectivity index (χ3n) is 3.52. The lowest BCUT2D eigenvalue weighted by Gasteiger charge is -2.25. The SMILES string of the molecule is COc1ccc(C(Cl)c2ccccc2C(C)(C)C)c(Br)c1. The van der Waals surface area contributed by atoms with Crippen LogP contribution in [-0.2, 0) is 5.41 Å². The van der Waals surface area contributed by atoms with Crippen molar-refractivity contribution in [2.75, 3.05) is 7.11 Å². The van der Waals surface area contributed by atoms with Gasteiger partial charge in [-0.05, 0) is 34.2 Å². The van der Waals surface area contributed by atoms with Crippen molar-refractivity contribution >= 4 is 27.5 Å². The maximum Gasteiger partial charge on any atom is 0.120 e. The molecule has 0 amide bonds. The maximum atomic E-state index is 6.77. The lowest BCUT2D eigenvalue weighted by Crippen LogP contribution is -2.15. The third-order valence-corrected chi connectivity index (χ3v) is 4.68. The van der Waals surface area contributed by atoms with Gasteiger partial charge in [-0.25, -0.2) is 0 Å². The Kier molecular flexibility index (Phi) is 5.00. The first kappa shape index (κ1) is 16.4. The summed E-state index contributed by atoms with van der Waals surface area (Å²) < 4.78 is 6.20. The predicted octanol–water partition coefficient (Wildman–Crippen LogP) is 6.08. The number of hydrogen-bond donors (Lipinski definition) is 0. The molecule has 3 heteroatoms. The minimum Gasteiger partial charge on any atom is -0.497 e. The summed E-state index contributed by atoms with van der Waals surface area (Å²) in [5.41, 5.74) is 3.53. The van der Waals surface area contributed by atoms with Crippen LogP contribution in [-0.4, -0.2) is 7.11 Å². The van der Waals surface area contributed by atoms with Gasteiger partial charge in [0.25, 0.3) is 0 Å². The number of ether oxygens (including phenoxy) is 1. The average molecular weight is 368 g/mol. The molecule has 2 aromatic carbocycles. The smallest absolute Gasteiger partial charge is 0.120 e. The van der Waals surface area contributed by atoms with Crippen molar-refractivity contribution in [3.63, 3.8) is 0 Å². The molecule has 0 aliphatic carbocycles. The second-order valence-corrected chi connectivity index (χ2v) is 7.38. The fraction of sp³-hybridized carbons (Fsp3) is 0.333. The van der Waals surface area contributed by atoms with Gasteiger partial charge in [0.2, 0.25) is 0 Å². The highest BCUT2D eigenvalue weighted by atomic mass is 79.9. The summed E-state index contributed by atoms with van der Waals surface area (Å²) in [6, 6.07) is 14.3. The van der Waals surface area contributed by atoms with Crippen molar-refractivity contribution in [1.29, 1.82) is 0 Å². The molecule has 0 N–H and O–H groups in total. The second-order valence-electron chi connectivity index (χ2n) is 6.09. The number of hydrogen-bond acceptors (Lipinski definition) is 1. The number of methoxy groups -OCH3 is 1. The highest BCUT2D eigenvalue weighted by Crippen LogP contribution is 2.39. The van der Waals surface area contributed by atoms with E-state index in [1.165, 1.54) is 5.56 Å². The van der Waals surface area contributed by atoms with Crippen LogP contribution < -0.4 is 4.74 Å². The summed E-state index contributed by atoms with van der Waals surface area (Å²) in [6.07, 6.45) is 0. The Morgan fingerprint density at radius 3 is 2.29 bits per heavy atom. The Balaban J connectivity index is 2.48. The van der Waals surface area contributed by atoms with E-state index in [4.69, 9.17) is 16.3 Å². The van der Waals surface area contributed by atoms with Crippen LogP contribution >= 0.6 is 27.5 Å². The van der Waals surface area contributed by atoms with Gasteiger partial charge < -0.3 is 4.74 Å². The highest BCUT2D eigenvalue weighted by Gasteiger charge is 2.23. The average Bonchev–Trinajstić information content (AvgIpc) is 2.45. The number of alkyl halides is 1. The lowest BCUT2D eigenvalue weighted by molar-refractivity contribution is 0.414. The zero-order valence-corrected chi connectivity index (χ0v) is 15.1. The van der Waals surface area contributed by atoms with Crippen molar-refractivity contribution in [1.82, 2.24) is 0 Å². The van der Waals surface area contributed by atoms with Crippen molar-refractivity contribution in [2.45, 2.75) is 31.6 Å². The molecule has 2 aromatic rings. The third kappa shape index (κ3) is 3.61. The first-order chi connectivity index (χ1) is 9.84. The summed E-state index contributed by atoms with van der Waals surface area (Å²) in [5.74, 6) is 0.818. The van der Waals surface area contributed by atoms with E-state index in [0.717, 1.165) is 21.3 Å². The van der Waals surface area contributed by atoms with Gasteiger partial charge in [0, 0.05) is 4.47 Å². The first-order valence-electron chi connectivity index (χ1n) is 6.91. The molecule has 0 bridgehead atoms. The van der Waals surface area contributed by atoms with Gasteiger partial charge in [0.1, 0.15) is 5.75 Å². The molecule has 2 rings (SSSR count). The summed E-state index contributed by atoms with van der Waals surface area (Å²) in [7, 11) is 1.66. The quantitative estimate of drug-likeness (QED) is 0.597. The van der Waals surface area contributed by atoms with E-state index < -0.39 is 0 Å². The zero-order valence-electron chi connectivity index (χ0n) is 12.8. The molecule has 0 fully saturated rings. The Morgan fingerprint density at radius 1 is 1.05 bits per heavy atom. The Morgan fingerprint density at radius 2 is 1.71 bits per heavy atom. The highest BCUT2D eigenvalue weighted by molar-refractivity contribution is 9.10. The summed E-state index contributed by atoms with van der Waals surface area (Å²) in [6.45, 7) is 6.62. The van der Waals surface area contributed by atoms with Gasteiger partial charge in [-0.3, -0.25) is 0 Å². The maximum absolute atomic E-state index is 6.77. The van der Waals surface area contributed by atoms with Crippen molar-refractivity contribution in [2.24, 2.45) is 0 Å². The molecule has 0 aromatic heterocycles. The Bertz CT molecular complexity index is 631. The molecular weight excluding hydrogens is 348 g/mol. The lowest BCUT2D eigenvalue weighted by atomic mass is 9.82. The van der Waals surface area contributed by atoms with Crippen molar-refractivity contribution in [3.05, 3.63) is 63.6 Å². The topological polar surface area (TPSA) is 9.23 Å². The van der Waals surface area contributed by atoms with Crippen LogP contribution in [0.5, 0.6) is 5.75 Å². The normalized spacial score (nSPS) is 13.0. The minimum atomic E-state index is -0.194. The van der Waals surface area contributed by atoms with Crippen LogP contribution in [0.2, 0.25) is 0 Å². The van der Waals surface area contributed by atoms with Crippen LogP contribution in [0.4, 0.5) is 0 Å². The predicted molar refractivity (Wildman–Crippen MR) is 93.5 cm³/mol. The molecule has 1 atom stereocenters. The number of benzene rings is 2. The molecule has 21 heavy (non-hydrogen) atoms. The van der Waals surface area contributed by atoms with E-state index in [1.807, 2.05) is 24.3 Å². The fourth-order valence-corrected chi connectivity index (χ4v) is 3.51. The van der Waals surface area contributed by atoms with E-state index in [0.29, 0.717) is 0 Å². The van der Waals surface area contributed by atoms with Crippen LogP contribution in [0.25, 0.3) is 0 Å². The van der Waals surface area contributed by atoms with E-state index >= 15 is 0 Å². The molecule has 1 nitrogen and oxygen atoms in total. The summed E-state index contributed by atoms with van der Waals surface area (Å²) >= 11 is 10.4. The molecule has 0 aliphatic heterocycles. The summed E-state index contributed by atoms with van der Waals surface area (Å²) in [4.78, 5) is 0. The molecule has 0 radical (unpaired) electrons. The molecular formula is C18H20BrClO. The van der Waals surface area contributed by atoms with E-state index in [-0.39, 0.29) is 10.8 Å². The first-order valence-corrected chi connectivity index (χ1v) is 8.14.